The summed E-state index contributed by atoms with van der Waals surface area (Å²) in [5.41, 5.74) is -2.09. The first-order valence-corrected chi connectivity index (χ1v) is 11.1. The molecule has 0 amide bonds. The van der Waals surface area contributed by atoms with Gasteiger partial charge in [-0.25, -0.2) is 4.99 Å². The highest BCUT2D eigenvalue weighted by molar-refractivity contribution is 6.31. The van der Waals surface area contributed by atoms with E-state index in [9.17, 15) is 35.4 Å². The number of hydrogen-bond acceptors (Lipinski definition) is 9. The van der Waals surface area contributed by atoms with Crippen molar-refractivity contribution in [2.45, 2.75) is 12.0 Å². The maximum absolute atomic E-state index is 13.4. The lowest BCUT2D eigenvalue weighted by molar-refractivity contribution is -0.385. The molecule has 38 heavy (non-hydrogen) atoms. The Morgan fingerprint density at radius 3 is 2.13 bits per heavy atom. The van der Waals surface area contributed by atoms with Crippen molar-refractivity contribution in [3.63, 3.8) is 0 Å². The van der Waals surface area contributed by atoms with Crippen LogP contribution in [0.25, 0.3) is 0 Å². The molecule has 0 spiro atoms. The molecular formula is C26H16N6O6. The summed E-state index contributed by atoms with van der Waals surface area (Å²) >= 11 is 0. The molecule has 1 unspecified atom stereocenters. The lowest BCUT2D eigenvalue weighted by Gasteiger charge is -2.28. The van der Waals surface area contributed by atoms with Gasteiger partial charge in [0, 0.05) is 41.9 Å². The first kappa shape index (κ1) is 24.2. The van der Waals surface area contributed by atoms with Crippen LogP contribution in [-0.2, 0) is 5.60 Å². The number of carbonyl (C=O) groups is 1. The van der Waals surface area contributed by atoms with Crippen LogP contribution in [-0.4, -0.2) is 32.4 Å². The number of nitrogens with zero attached hydrogens (tertiary/aromatic N) is 5. The zero-order chi connectivity index (χ0) is 27.2. The summed E-state index contributed by atoms with van der Waals surface area (Å²) in [6.45, 7) is 0. The van der Waals surface area contributed by atoms with Crippen LogP contribution in [0.5, 0.6) is 0 Å². The van der Waals surface area contributed by atoms with E-state index >= 15 is 0 Å². The molecule has 1 aliphatic heterocycles. The first-order valence-electron chi connectivity index (χ1n) is 11.1. The Kier molecular flexibility index (Phi) is 5.62. The molecule has 2 aliphatic rings. The number of Topliss-reactive ketones (excluding diaryl/α,β-unsaturated/α-hetero) is 1. The maximum atomic E-state index is 13.4. The van der Waals surface area contributed by atoms with E-state index in [0.717, 1.165) is 0 Å². The van der Waals surface area contributed by atoms with Crippen LogP contribution >= 0.6 is 0 Å². The predicted molar refractivity (Wildman–Crippen MR) is 135 cm³/mol. The van der Waals surface area contributed by atoms with Gasteiger partial charge in [-0.2, -0.15) is 5.26 Å². The molecule has 0 aromatic heterocycles. The molecule has 12 nitrogen and oxygen atoms in total. The molecule has 0 bridgehead atoms. The number of anilines is 1. The maximum Gasteiger partial charge on any atom is 0.269 e. The summed E-state index contributed by atoms with van der Waals surface area (Å²) in [4.78, 5) is 40.2. The van der Waals surface area contributed by atoms with Crippen LogP contribution in [0.15, 0.2) is 88.9 Å². The van der Waals surface area contributed by atoms with E-state index in [1.807, 2.05) is 6.07 Å². The van der Waals surface area contributed by atoms with Gasteiger partial charge in [-0.15, -0.1) is 0 Å². The fourth-order valence-corrected chi connectivity index (χ4v) is 4.67. The fraction of sp³-hybridized carbons (Fsp3) is 0.0769. The van der Waals surface area contributed by atoms with Gasteiger partial charge in [-0.05, 0) is 29.8 Å². The van der Waals surface area contributed by atoms with Crippen molar-refractivity contribution in [2.75, 3.05) is 4.90 Å². The number of benzene rings is 3. The Morgan fingerprint density at radius 1 is 0.974 bits per heavy atom. The Hall–Kier alpha value is -5.54. The predicted octanol–water partition coefficient (Wildman–Crippen LogP) is 4.32. The summed E-state index contributed by atoms with van der Waals surface area (Å²) in [5.74, 6) is -1.02. The second-order valence-electron chi connectivity index (χ2n) is 8.53. The van der Waals surface area contributed by atoms with Crippen LogP contribution in [0.2, 0.25) is 0 Å². The van der Waals surface area contributed by atoms with Crippen molar-refractivity contribution in [2.24, 2.45) is 4.99 Å². The smallest absolute Gasteiger partial charge is 0.269 e. The molecule has 2 N–H and O–H groups in total. The van der Waals surface area contributed by atoms with Crippen LogP contribution < -0.4 is 4.90 Å². The summed E-state index contributed by atoms with van der Waals surface area (Å²) in [6.07, 6.45) is -0.341. The molecule has 186 valence electrons. The number of nitriles is 1. The standard InChI is InChI=1S/C26H16N6O6/c27-14-20-23-24(33)19-3-1-2-4-21(19)26(23,34)13-22(29-15-5-7-17(8-6-15)31(35)36)30(25(20)28)16-9-11-18(12-10-16)32(37)38/h1-12,28,34H,13H2. The Labute approximate surface area is 214 Å². The van der Waals surface area contributed by atoms with Crippen LogP contribution in [0.1, 0.15) is 22.3 Å². The van der Waals surface area contributed by atoms with E-state index in [0.29, 0.717) is 0 Å². The molecular weight excluding hydrogens is 492 g/mol. The third kappa shape index (κ3) is 3.71. The number of fused-ring (bicyclic) bond motifs is 3. The van der Waals surface area contributed by atoms with E-state index in [1.54, 1.807) is 18.2 Å². The second-order valence-corrected chi connectivity index (χ2v) is 8.53. The molecule has 0 radical (unpaired) electrons. The molecule has 0 fully saturated rings. The molecule has 0 saturated heterocycles. The molecule has 1 heterocycles. The summed E-state index contributed by atoms with van der Waals surface area (Å²) in [6, 6.07) is 18.6. The van der Waals surface area contributed by atoms with Gasteiger partial charge < -0.3 is 5.11 Å². The van der Waals surface area contributed by atoms with Gasteiger partial charge >= 0.3 is 0 Å². The quantitative estimate of drug-likeness (QED) is 0.385. The van der Waals surface area contributed by atoms with Crippen LogP contribution in [0.4, 0.5) is 22.7 Å². The van der Waals surface area contributed by atoms with Gasteiger partial charge in [0.1, 0.15) is 28.9 Å². The molecule has 3 aromatic rings. The van der Waals surface area contributed by atoms with E-state index in [4.69, 9.17) is 5.41 Å². The zero-order valence-electron chi connectivity index (χ0n) is 19.4. The number of nitro benzene ring substituents is 2. The van der Waals surface area contributed by atoms with E-state index < -0.39 is 27.1 Å². The highest BCUT2D eigenvalue weighted by atomic mass is 16.6. The van der Waals surface area contributed by atoms with E-state index in [-0.39, 0.29) is 57.3 Å². The van der Waals surface area contributed by atoms with Crippen molar-refractivity contribution in [3.8, 4) is 6.07 Å². The molecule has 12 heteroatoms. The van der Waals surface area contributed by atoms with Gasteiger partial charge in [-0.1, -0.05) is 24.3 Å². The Balaban J connectivity index is 1.75. The Morgan fingerprint density at radius 2 is 1.55 bits per heavy atom. The van der Waals surface area contributed by atoms with Crippen LogP contribution in [0, 0.1) is 37.0 Å². The SMILES string of the molecule is N#CC1=C2C(=O)c3ccccc3C2(O)CC(=Nc2ccc([N+](=O)[O-])cc2)N(c2ccc([N+](=O)[O-])cc2)C1=N. The average Bonchev–Trinajstić information content (AvgIpc) is 3.06. The number of rotatable bonds is 4. The molecule has 0 saturated carbocycles. The number of ketones is 1. The molecule has 1 aliphatic carbocycles. The topological polar surface area (TPSA) is 187 Å². The number of carbonyl (C=O) groups excluding carboxylic acids is 1. The van der Waals surface area contributed by atoms with Crippen molar-refractivity contribution < 1.29 is 19.7 Å². The summed E-state index contributed by atoms with van der Waals surface area (Å²) in [7, 11) is 0. The average molecular weight is 508 g/mol. The highest BCUT2D eigenvalue weighted by Gasteiger charge is 2.52. The van der Waals surface area contributed by atoms with Crippen molar-refractivity contribution in [3.05, 3.63) is 115 Å². The van der Waals surface area contributed by atoms with Gasteiger partial charge in [0.15, 0.2) is 5.78 Å². The number of amidine groups is 2. The second kappa shape index (κ2) is 8.84. The molecule has 3 aromatic carbocycles. The summed E-state index contributed by atoms with van der Waals surface area (Å²) < 4.78 is 0. The van der Waals surface area contributed by atoms with Crippen LogP contribution in [0.3, 0.4) is 0 Å². The lowest BCUT2D eigenvalue weighted by Crippen LogP contribution is -2.38. The summed E-state index contributed by atoms with van der Waals surface area (Å²) in [5, 5.41) is 53.2. The van der Waals surface area contributed by atoms with Gasteiger partial charge in [-0.3, -0.25) is 35.3 Å². The number of nitrogens with one attached hydrogen (secondary N) is 1. The zero-order valence-corrected chi connectivity index (χ0v) is 19.4. The van der Waals surface area contributed by atoms with Gasteiger partial charge in [0.05, 0.1) is 21.1 Å². The van der Waals surface area contributed by atoms with Gasteiger partial charge in [0.25, 0.3) is 11.4 Å². The number of nitro groups is 2. The number of aliphatic hydroxyl groups is 1. The van der Waals surface area contributed by atoms with Crippen molar-refractivity contribution in [1.82, 2.24) is 0 Å². The van der Waals surface area contributed by atoms with Gasteiger partial charge in [0.2, 0.25) is 0 Å². The molecule has 1 atom stereocenters. The number of non-ortho nitro benzene ring substituents is 2. The third-order valence-corrected chi connectivity index (χ3v) is 6.39. The van der Waals surface area contributed by atoms with Crippen molar-refractivity contribution >= 4 is 40.2 Å². The number of aliphatic imine (C=N–C) groups is 1. The fourth-order valence-electron chi connectivity index (χ4n) is 4.67. The highest BCUT2D eigenvalue weighted by Crippen LogP contribution is 2.47. The van der Waals surface area contributed by atoms with E-state index in [2.05, 4.69) is 4.99 Å². The minimum atomic E-state index is -2.00. The molecule has 5 rings (SSSR count). The van der Waals surface area contributed by atoms with Crippen molar-refractivity contribution in [1.29, 1.82) is 10.7 Å². The van der Waals surface area contributed by atoms with E-state index in [1.165, 1.54) is 59.5 Å². The Bertz CT molecular complexity index is 1650. The monoisotopic (exact) mass is 508 g/mol. The number of hydrogen-bond donors (Lipinski definition) is 2. The normalized spacial score (nSPS) is 19.6. The minimum Gasteiger partial charge on any atom is -0.380 e. The minimum absolute atomic E-state index is 0.0347. The third-order valence-electron chi connectivity index (χ3n) is 6.39. The largest absolute Gasteiger partial charge is 0.380 e. The lowest BCUT2D eigenvalue weighted by atomic mass is 9.86. The first-order chi connectivity index (χ1) is 18.2.